The van der Waals surface area contributed by atoms with Crippen molar-refractivity contribution in [3.8, 4) is 5.88 Å². The van der Waals surface area contributed by atoms with Gasteiger partial charge in [-0.1, -0.05) is 6.07 Å². The number of nitrogens with zero attached hydrogens (tertiary/aromatic N) is 1. The molecule has 0 spiro atoms. The molecule has 13 heavy (non-hydrogen) atoms. The van der Waals surface area contributed by atoms with E-state index in [1.165, 1.54) is 13.3 Å². The summed E-state index contributed by atoms with van der Waals surface area (Å²) in [5.74, 6) is 0.0285. The molecule has 0 aliphatic rings. The van der Waals surface area contributed by atoms with E-state index in [0.717, 1.165) is 0 Å². The van der Waals surface area contributed by atoms with Gasteiger partial charge in [-0.25, -0.2) is 18.5 Å². The lowest BCUT2D eigenvalue weighted by Crippen LogP contribution is -2.15. The van der Waals surface area contributed by atoms with Gasteiger partial charge >= 0.3 is 0 Å². The zero-order valence-electron chi connectivity index (χ0n) is 7.10. The summed E-state index contributed by atoms with van der Waals surface area (Å²) in [7, 11) is -2.10. The molecule has 6 heteroatoms. The summed E-state index contributed by atoms with van der Waals surface area (Å²) in [4.78, 5) is 3.84. The number of hydrogen-bond donors (Lipinski definition) is 1. The Morgan fingerprint density at radius 2 is 2.31 bits per heavy atom. The van der Waals surface area contributed by atoms with E-state index in [1.807, 2.05) is 0 Å². The lowest BCUT2D eigenvalue weighted by Gasteiger charge is -2.04. The van der Waals surface area contributed by atoms with Crippen molar-refractivity contribution in [2.45, 2.75) is 5.75 Å². The molecule has 0 bridgehead atoms. The summed E-state index contributed by atoms with van der Waals surface area (Å²) in [5, 5.41) is 4.88. The Bertz CT molecular complexity index is 388. The highest BCUT2D eigenvalue weighted by Gasteiger charge is 2.10. The maximum absolute atomic E-state index is 10.8. The summed E-state index contributed by atoms with van der Waals surface area (Å²) in [6, 6.07) is 3.24. The van der Waals surface area contributed by atoms with Gasteiger partial charge in [-0.2, -0.15) is 0 Å². The number of primary sulfonamides is 1. The summed E-state index contributed by atoms with van der Waals surface area (Å²) in [5.41, 5.74) is 0.465. The van der Waals surface area contributed by atoms with Gasteiger partial charge in [0.25, 0.3) is 0 Å². The van der Waals surface area contributed by atoms with Crippen molar-refractivity contribution in [1.29, 1.82) is 0 Å². The highest BCUT2D eigenvalue weighted by Crippen LogP contribution is 2.15. The van der Waals surface area contributed by atoms with Gasteiger partial charge in [-0.15, -0.1) is 0 Å². The molecule has 0 unspecified atom stereocenters. The second kappa shape index (κ2) is 3.71. The van der Waals surface area contributed by atoms with Crippen LogP contribution < -0.4 is 9.88 Å². The Labute approximate surface area is 76.6 Å². The fraction of sp³-hybridized carbons (Fsp3) is 0.286. The van der Waals surface area contributed by atoms with Crippen molar-refractivity contribution >= 4 is 10.0 Å². The van der Waals surface area contributed by atoms with Crippen LogP contribution in [0.25, 0.3) is 0 Å². The molecule has 0 radical (unpaired) electrons. The number of sulfonamides is 1. The van der Waals surface area contributed by atoms with Gasteiger partial charge in [0, 0.05) is 11.8 Å². The van der Waals surface area contributed by atoms with Crippen molar-refractivity contribution in [2.24, 2.45) is 5.14 Å². The van der Waals surface area contributed by atoms with Crippen LogP contribution in [0.2, 0.25) is 0 Å². The van der Waals surface area contributed by atoms with Crippen molar-refractivity contribution < 1.29 is 13.2 Å². The summed E-state index contributed by atoms with van der Waals surface area (Å²) in [6.45, 7) is 0. The average Bonchev–Trinajstić information content (AvgIpc) is 2.02. The van der Waals surface area contributed by atoms with E-state index < -0.39 is 10.0 Å². The Morgan fingerprint density at radius 1 is 1.62 bits per heavy atom. The number of hydrogen-bond acceptors (Lipinski definition) is 4. The van der Waals surface area contributed by atoms with Gasteiger partial charge in [-0.05, 0) is 6.07 Å². The van der Waals surface area contributed by atoms with Crippen molar-refractivity contribution in [3.63, 3.8) is 0 Å². The second-order valence-corrected chi connectivity index (χ2v) is 4.09. The number of pyridine rings is 1. The normalized spacial score (nSPS) is 11.2. The number of rotatable bonds is 3. The van der Waals surface area contributed by atoms with Crippen molar-refractivity contribution in [2.75, 3.05) is 7.11 Å². The molecular formula is C7H10N2O3S. The quantitative estimate of drug-likeness (QED) is 0.740. The third kappa shape index (κ3) is 3.00. The molecule has 1 aromatic rings. The number of nitrogens with two attached hydrogens (primary N) is 1. The first-order chi connectivity index (χ1) is 6.03. The molecule has 1 heterocycles. The third-order valence-electron chi connectivity index (χ3n) is 1.40. The molecule has 0 amide bonds. The molecule has 5 nitrogen and oxygen atoms in total. The standard InChI is InChI=1S/C7H10N2O3S/c1-12-7-6(3-2-4-9-7)5-13(8,10)11/h2-4H,5H2,1H3,(H2,8,10,11). The monoisotopic (exact) mass is 202 g/mol. The fourth-order valence-corrected chi connectivity index (χ4v) is 1.59. The molecule has 1 aromatic heterocycles. The molecular weight excluding hydrogens is 192 g/mol. The molecule has 0 saturated heterocycles. The van der Waals surface area contributed by atoms with E-state index in [0.29, 0.717) is 5.56 Å². The number of methoxy groups -OCH3 is 1. The van der Waals surface area contributed by atoms with E-state index in [-0.39, 0.29) is 11.6 Å². The van der Waals surface area contributed by atoms with Gasteiger partial charge in [0.05, 0.1) is 12.9 Å². The molecule has 72 valence electrons. The summed E-state index contributed by atoms with van der Waals surface area (Å²) in [6.07, 6.45) is 1.52. The van der Waals surface area contributed by atoms with Crippen LogP contribution in [-0.2, 0) is 15.8 Å². The topological polar surface area (TPSA) is 82.3 Å². The van der Waals surface area contributed by atoms with Gasteiger partial charge < -0.3 is 4.74 Å². The Hall–Kier alpha value is -1.14. The minimum Gasteiger partial charge on any atom is -0.481 e. The highest BCUT2D eigenvalue weighted by molar-refractivity contribution is 7.88. The molecule has 0 aliphatic heterocycles. The summed E-state index contributed by atoms with van der Waals surface area (Å²) >= 11 is 0. The average molecular weight is 202 g/mol. The number of aromatic nitrogens is 1. The van der Waals surface area contributed by atoms with E-state index in [1.54, 1.807) is 12.1 Å². The van der Waals surface area contributed by atoms with E-state index >= 15 is 0 Å². The van der Waals surface area contributed by atoms with Gasteiger partial charge in [0.15, 0.2) is 0 Å². The number of ether oxygens (including phenoxy) is 1. The zero-order chi connectivity index (χ0) is 9.90. The molecule has 0 aromatic carbocycles. The first kappa shape index (κ1) is 9.94. The molecule has 2 N–H and O–H groups in total. The van der Waals surface area contributed by atoms with E-state index in [9.17, 15) is 8.42 Å². The summed E-state index contributed by atoms with van der Waals surface area (Å²) < 4.78 is 26.4. The molecule has 0 fully saturated rings. The predicted molar refractivity (Wildman–Crippen MR) is 47.6 cm³/mol. The van der Waals surface area contributed by atoms with Gasteiger partial charge in [0.1, 0.15) is 0 Å². The van der Waals surface area contributed by atoms with E-state index in [2.05, 4.69) is 4.98 Å². The molecule has 0 aliphatic carbocycles. The molecule has 0 saturated carbocycles. The maximum Gasteiger partial charge on any atom is 0.217 e. The molecule has 1 rings (SSSR count). The van der Waals surface area contributed by atoms with Crippen LogP contribution >= 0.6 is 0 Å². The fourth-order valence-electron chi connectivity index (χ4n) is 0.935. The lowest BCUT2D eigenvalue weighted by atomic mass is 10.3. The Balaban J connectivity index is 3.01. The minimum absolute atomic E-state index is 0.260. The van der Waals surface area contributed by atoms with Gasteiger partial charge in [0.2, 0.25) is 15.9 Å². The van der Waals surface area contributed by atoms with Crippen LogP contribution in [0.15, 0.2) is 18.3 Å². The van der Waals surface area contributed by atoms with Crippen LogP contribution in [0.1, 0.15) is 5.56 Å². The smallest absolute Gasteiger partial charge is 0.217 e. The third-order valence-corrected chi connectivity index (χ3v) is 2.11. The van der Waals surface area contributed by atoms with Crippen LogP contribution in [0.4, 0.5) is 0 Å². The lowest BCUT2D eigenvalue weighted by molar-refractivity contribution is 0.394. The van der Waals surface area contributed by atoms with Crippen LogP contribution in [-0.4, -0.2) is 20.5 Å². The Morgan fingerprint density at radius 3 is 2.85 bits per heavy atom. The first-order valence-electron chi connectivity index (χ1n) is 3.51. The first-order valence-corrected chi connectivity index (χ1v) is 5.23. The maximum atomic E-state index is 10.8. The Kier molecular flexibility index (Phi) is 2.84. The largest absolute Gasteiger partial charge is 0.481 e. The predicted octanol–water partition coefficient (Wildman–Crippen LogP) is -0.121. The second-order valence-electron chi connectivity index (χ2n) is 2.48. The van der Waals surface area contributed by atoms with Gasteiger partial charge in [-0.3, -0.25) is 0 Å². The van der Waals surface area contributed by atoms with Crippen LogP contribution in [0.3, 0.4) is 0 Å². The minimum atomic E-state index is -3.53. The van der Waals surface area contributed by atoms with Crippen LogP contribution in [0.5, 0.6) is 5.88 Å². The van der Waals surface area contributed by atoms with E-state index in [4.69, 9.17) is 9.88 Å². The zero-order valence-corrected chi connectivity index (χ0v) is 7.91. The SMILES string of the molecule is COc1ncccc1CS(N)(=O)=O. The highest BCUT2D eigenvalue weighted by atomic mass is 32.2. The molecule has 0 atom stereocenters. The van der Waals surface area contributed by atoms with Crippen LogP contribution in [0, 0.1) is 0 Å². The van der Waals surface area contributed by atoms with Crippen molar-refractivity contribution in [3.05, 3.63) is 23.9 Å². The van der Waals surface area contributed by atoms with Crippen molar-refractivity contribution in [1.82, 2.24) is 4.98 Å².